The number of H-pyrrole nitrogens is 1. The third kappa shape index (κ3) is 2.87. The SMILES string of the molecule is CCN(C(=O)c1[nH]c2ccc(C)cc2c1C)C1CCS(=O)(=O)C1. The monoisotopic (exact) mass is 334 g/mol. The predicted molar refractivity (Wildman–Crippen MR) is 91.5 cm³/mol. The molecule has 1 aromatic heterocycles. The van der Waals surface area contributed by atoms with Crippen molar-refractivity contribution < 1.29 is 13.2 Å². The first kappa shape index (κ1) is 16.1. The van der Waals surface area contributed by atoms with Crippen LogP contribution in [0.25, 0.3) is 10.9 Å². The van der Waals surface area contributed by atoms with Gasteiger partial charge in [0.05, 0.1) is 11.5 Å². The van der Waals surface area contributed by atoms with Crippen LogP contribution in [0.4, 0.5) is 0 Å². The minimum Gasteiger partial charge on any atom is -0.350 e. The first-order chi connectivity index (χ1) is 10.8. The van der Waals surface area contributed by atoms with Gasteiger partial charge in [0, 0.05) is 23.5 Å². The first-order valence-electron chi connectivity index (χ1n) is 7.92. The minimum atomic E-state index is -3.01. The van der Waals surface area contributed by atoms with E-state index in [1.54, 1.807) is 4.90 Å². The van der Waals surface area contributed by atoms with Gasteiger partial charge < -0.3 is 9.88 Å². The van der Waals surface area contributed by atoms with Gasteiger partial charge in [-0.1, -0.05) is 11.6 Å². The molecule has 23 heavy (non-hydrogen) atoms. The number of nitrogens with zero attached hydrogens (tertiary/aromatic N) is 1. The number of sulfone groups is 1. The normalized spacial score (nSPS) is 20.0. The van der Waals surface area contributed by atoms with Crippen LogP contribution in [0.3, 0.4) is 0 Å². The number of rotatable bonds is 3. The maximum Gasteiger partial charge on any atom is 0.270 e. The quantitative estimate of drug-likeness (QED) is 0.937. The van der Waals surface area contributed by atoms with E-state index in [0.717, 1.165) is 22.0 Å². The average molecular weight is 334 g/mol. The van der Waals surface area contributed by atoms with Gasteiger partial charge in [-0.15, -0.1) is 0 Å². The highest BCUT2D eigenvalue weighted by Crippen LogP contribution is 2.26. The Bertz CT molecular complexity index is 867. The van der Waals surface area contributed by atoms with Gasteiger partial charge in [0.2, 0.25) is 0 Å². The summed E-state index contributed by atoms with van der Waals surface area (Å²) >= 11 is 0. The van der Waals surface area contributed by atoms with Crippen LogP contribution in [0.1, 0.15) is 35.0 Å². The predicted octanol–water partition coefficient (Wildman–Crippen LogP) is 2.43. The Balaban J connectivity index is 1.97. The van der Waals surface area contributed by atoms with Gasteiger partial charge in [0.1, 0.15) is 5.69 Å². The Morgan fingerprint density at radius 3 is 2.70 bits per heavy atom. The smallest absolute Gasteiger partial charge is 0.270 e. The van der Waals surface area contributed by atoms with E-state index in [1.807, 2.05) is 32.9 Å². The molecular formula is C17H22N2O3S. The fourth-order valence-corrected chi connectivity index (χ4v) is 5.12. The maximum atomic E-state index is 12.9. The molecule has 2 aromatic rings. The number of aromatic nitrogens is 1. The molecule has 3 rings (SSSR count). The second-order valence-electron chi connectivity index (χ2n) is 6.32. The topological polar surface area (TPSA) is 70.2 Å². The highest BCUT2D eigenvalue weighted by molar-refractivity contribution is 7.91. The number of amides is 1. The lowest BCUT2D eigenvalue weighted by atomic mass is 10.1. The molecule has 1 fully saturated rings. The number of carbonyl (C=O) groups is 1. The number of nitrogens with one attached hydrogen (secondary N) is 1. The second kappa shape index (κ2) is 5.67. The van der Waals surface area contributed by atoms with E-state index in [1.165, 1.54) is 0 Å². The highest BCUT2D eigenvalue weighted by Gasteiger charge is 2.35. The van der Waals surface area contributed by atoms with Crippen LogP contribution in [0.15, 0.2) is 18.2 Å². The van der Waals surface area contributed by atoms with E-state index in [-0.39, 0.29) is 23.5 Å². The fraction of sp³-hybridized carbons (Fsp3) is 0.471. The summed E-state index contributed by atoms with van der Waals surface area (Å²) in [6.07, 6.45) is 0.528. The third-order valence-corrected chi connectivity index (χ3v) is 6.43. The van der Waals surface area contributed by atoms with E-state index in [4.69, 9.17) is 0 Å². The van der Waals surface area contributed by atoms with Crippen LogP contribution in [0, 0.1) is 13.8 Å². The number of carbonyl (C=O) groups excluding carboxylic acids is 1. The number of benzene rings is 1. The molecule has 0 bridgehead atoms. The molecule has 2 heterocycles. The first-order valence-corrected chi connectivity index (χ1v) is 9.75. The Labute approximate surface area is 136 Å². The van der Waals surface area contributed by atoms with Crippen molar-refractivity contribution >= 4 is 26.6 Å². The van der Waals surface area contributed by atoms with Crippen LogP contribution < -0.4 is 0 Å². The second-order valence-corrected chi connectivity index (χ2v) is 8.55. The van der Waals surface area contributed by atoms with Crippen molar-refractivity contribution in [2.45, 2.75) is 33.2 Å². The number of fused-ring (bicyclic) bond motifs is 1. The number of hydrogen-bond donors (Lipinski definition) is 1. The van der Waals surface area contributed by atoms with E-state index >= 15 is 0 Å². The Morgan fingerprint density at radius 2 is 2.09 bits per heavy atom. The van der Waals surface area contributed by atoms with Gasteiger partial charge in [0.15, 0.2) is 9.84 Å². The van der Waals surface area contributed by atoms with Crippen molar-refractivity contribution in [3.05, 3.63) is 35.0 Å². The molecule has 124 valence electrons. The lowest BCUT2D eigenvalue weighted by Gasteiger charge is -2.26. The van der Waals surface area contributed by atoms with Crippen molar-refractivity contribution in [2.75, 3.05) is 18.1 Å². The van der Waals surface area contributed by atoms with Gasteiger partial charge in [-0.25, -0.2) is 8.42 Å². The van der Waals surface area contributed by atoms with Gasteiger partial charge in [-0.3, -0.25) is 4.79 Å². The molecule has 0 saturated carbocycles. The van der Waals surface area contributed by atoms with Crippen molar-refractivity contribution in [3.63, 3.8) is 0 Å². The minimum absolute atomic E-state index is 0.0744. The van der Waals surface area contributed by atoms with Crippen LogP contribution in [-0.2, 0) is 9.84 Å². The summed E-state index contributed by atoms with van der Waals surface area (Å²) in [6, 6.07) is 5.83. The molecule has 0 aliphatic carbocycles. The molecule has 1 aliphatic heterocycles. The maximum absolute atomic E-state index is 12.9. The largest absolute Gasteiger partial charge is 0.350 e. The van der Waals surface area contributed by atoms with Crippen molar-refractivity contribution in [2.24, 2.45) is 0 Å². The Kier molecular flexibility index (Phi) is 3.96. The standard InChI is InChI=1S/C17H22N2O3S/c1-4-19(13-7-8-23(21,22)10-13)17(20)16-12(3)14-9-11(2)5-6-15(14)18-16/h5-6,9,13,18H,4,7-8,10H2,1-3H3. The number of hydrogen-bond acceptors (Lipinski definition) is 3. The van der Waals surface area contributed by atoms with Crippen molar-refractivity contribution in [3.8, 4) is 0 Å². The third-order valence-electron chi connectivity index (χ3n) is 4.68. The van der Waals surface area contributed by atoms with Crippen molar-refractivity contribution in [1.29, 1.82) is 0 Å². The molecule has 1 amide bonds. The summed E-state index contributed by atoms with van der Waals surface area (Å²) < 4.78 is 23.4. The summed E-state index contributed by atoms with van der Waals surface area (Å²) in [5.41, 5.74) is 3.57. The van der Waals surface area contributed by atoms with E-state index in [2.05, 4.69) is 11.1 Å². The number of aryl methyl sites for hydroxylation is 2. The van der Waals surface area contributed by atoms with Gasteiger partial charge in [0.25, 0.3) is 5.91 Å². The fourth-order valence-electron chi connectivity index (χ4n) is 3.39. The molecule has 5 nitrogen and oxygen atoms in total. The van der Waals surface area contributed by atoms with Gasteiger partial charge in [-0.2, -0.15) is 0 Å². The van der Waals surface area contributed by atoms with E-state index in [0.29, 0.717) is 18.7 Å². The van der Waals surface area contributed by atoms with Gasteiger partial charge >= 0.3 is 0 Å². The Morgan fingerprint density at radius 1 is 1.35 bits per heavy atom. The molecule has 0 spiro atoms. The molecule has 1 aliphatic rings. The van der Waals surface area contributed by atoms with Gasteiger partial charge in [-0.05, 0) is 44.9 Å². The molecule has 6 heteroatoms. The highest BCUT2D eigenvalue weighted by atomic mass is 32.2. The zero-order chi connectivity index (χ0) is 16.8. The summed E-state index contributed by atoms with van der Waals surface area (Å²) in [5, 5.41) is 1.04. The zero-order valence-corrected chi connectivity index (χ0v) is 14.5. The van der Waals surface area contributed by atoms with Crippen LogP contribution >= 0.6 is 0 Å². The Hall–Kier alpha value is -1.82. The summed E-state index contributed by atoms with van der Waals surface area (Å²) in [4.78, 5) is 17.8. The summed E-state index contributed by atoms with van der Waals surface area (Å²) in [6.45, 7) is 6.36. The van der Waals surface area contributed by atoms with E-state index < -0.39 is 9.84 Å². The van der Waals surface area contributed by atoms with Crippen molar-refractivity contribution in [1.82, 2.24) is 9.88 Å². The van der Waals surface area contributed by atoms with Crippen LogP contribution in [0.2, 0.25) is 0 Å². The zero-order valence-electron chi connectivity index (χ0n) is 13.7. The molecule has 1 aromatic carbocycles. The molecule has 1 N–H and O–H groups in total. The lowest BCUT2D eigenvalue weighted by molar-refractivity contribution is 0.0702. The summed E-state index contributed by atoms with van der Waals surface area (Å²) in [5.74, 6) is 0.137. The lowest BCUT2D eigenvalue weighted by Crippen LogP contribution is -2.41. The molecule has 0 radical (unpaired) electrons. The average Bonchev–Trinajstić information content (AvgIpc) is 3.00. The number of aromatic amines is 1. The summed E-state index contributed by atoms with van der Waals surface area (Å²) in [7, 11) is -3.01. The molecule has 1 unspecified atom stereocenters. The van der Waals surface area contributed by atoms with Crippen LogP contribution in [0.5, 0.6) is 0 Å². The molecular weight excluding hydrogens is 312 g/mol. The molecule has 1 atom stereocenters. The van der Waals surface area contributed by atoms with Crippen LogP contribution in [-0.4, -0.2) is 48.3 Å². The van der Waals surface area contributed by atoms with E-state index in [9.17, 15) is 13.2 Å². The molecule has 1 saturated heterocycles.